The van der Waals surface area contributed by atoms with Gasteiger partial charge in [0.15, 0.2) is 0 Å². The van der Waals surface area contributed by atoms with Crippen LogP contribution in [0.3, 0.4) is 0 Å². The third-order valence-electron chi connectivity index (χ3n) is 7.29. The average Bonchev–Trinajstić information content (AvgIpc) is 3.46. The Hall–Kier alpha value is -3.42. The van der Waals surface area contributed by atoms with Crippen molar-refractivity contribution in [3.8, 4) is 0 Å². The number of anilines is 1. The number of imide groups is 1. The molecule has 3 aromatic rings. The minimum Gasteiger partial charge on any atom is -0.368 e. The van der Waals surface area contributed by atoms with Gasteiger partial charge in [-0.05, 0) is 31.8 Å². The molecule has 4 heterocycles. The number of ether oxygens (including phenoxy) is 1. The number of carbonyl (C=O) groups is 2. The molecule has 4 bridgehead atoms. The highest BCUT2D eigenvalue weighted by molar-refractivity contribution is 6.38. The van der Waals surface area contributed by atoms with Gasteiger partial charge in [0.05, 0.1) is 12.2 Å². The number of benzene rings is 2. The first-order valence-corrected chi connectivity index (χ1v) is 11.8. The first-order valence-electron chi connectivity index (χ1n) is 11.8. The molecule has 34 heavy (non-hydrogen) atoms. The molecule has 2 amide bonds. The molecule has 1 unspecified atom stereocenters. The third kappa shape index (κ3) is 3.27. The zero-order valence-electron chi connectivity index (χ0n) is 19.5. The van der Waals surface area contributed by atoms with Crippen LogP contribution in [0.2, 0.25) is 0 Å². The summed E-state index contributed by atoms with van der Waals surface area (Å²) in [5.41, 5.74) is 5.16. The van der Waals surface area contributed by atoms with Crippen molar-refractivity contribution in [3.63, 3.8) is 0 Å². The lowest BCUT2D eigenvalue weighted by Gasteiger charge is -2.27. The fraction of sp³-hybridized carbons (Fsp3) is 0.333. The Balaban J connectivity index is 1.59. The minimum atomic E-state index is -0.305. The average molecular weight is 457 g/mol. The number of aromatic nitrogens is 1. The van der Waals surface area contributed by atoms with E-state index in [1.807, 2.05) is 50.6 Å². The zero-order valence-corrected chi connectivity index (χ0v) is 19.5. The molecule has 7 nitrogen and oxygen atoms in total. The summed E-state index contributed by atoms with van der Waals surface area (Å²) in [6, 6.07) is 16.3. The highest BCUT2D eigenvalue weighted by Crippen LogP contribution is 2.45. The molecule has 3 aliphatic heterocycles. The molecule has 0 radical (unpaired) electrons. The van der Waals surface area contributed by atoms with Crippen molar-refractivity contribution < 1.29 is 14.3 Å². The normalized spacial score (nSPS) is 22.7. The molecule has 0 saturated carbocycles. The van der Waals surface area contributed by atoms with Gasteiger partial charge in [0.1, 0.15) is 6.23 Å². The summed E-state index contributed by atoms with van der Waals surface area (Å²) in [7, 11) is 4.08. The van der Waals surface area contributed by atoms with E-state index in [-0.39, 0.29) is 24.0 Å². The topological polar surface area (TPSA) is 66.8 Å². The fourth-order valence-corrected chi connectivity index (χ4v) is 5.68. The predicted octanol–water partition coefficient (Wildman–Crippen LogP) is 2.96. The summed E-state index contributed by atoms with van der Waals surface area (Å²) in [4.78, 5) is 30.8. The Bertz CT molecular complexity index is 1340. The number of rotatable bonds is 1. The van der Waals surface area contributed by atoms with Crippen LogP contribution in [0, 0.1) is 0 Å². The van der Waals surface area contributed by atoms with E-state index in [1.165, 1.54) is 0 Å². The van der Waals surface area contributed by atoms with E-state index >= 15 is 0 Å². The molecule has 0 aliphatic carbocycles. The number of para-hydroxylation sites is 2. The summed E-state index contributed by atoms with van der Waals surface area (Å²) >= 11 is 0. The molecule has 7 heteroatoms. The molecule has 3 aliphatic rings. The molecule has 174 valence electrons. The summed E-state index contributed by atoms with van der Waals surface area (Å²) in [6.07, 6.45) is 2.82. The van der Waals surface area contributed by atoms with Crippen molar-refractivity contribution in [2.45, 2.75) is 25.1 Å². The monoisotopic (exact) mass is 456 g/mol. The van der Waals surface area contributed by atoms with Gasteiger partial charge in [-0.25, -0.2) is 0 Å². The van der Waals surface area contributed by atoms with Gasteiger partial charge in [-0.3, -0.25) is 19.8 Å². The second kappa shape index (κ2) is 8.11. The Kier molecular flexibility index (Phi) is 5.04. The van der Waals surface area contributed by atoms with Gasteiger partial charge >= 0.3 is 0 Å². The number of amides is 2. The van der Waals surface area contributed by atoms with Crippen LogP contribution in [0.25, 0.3) is 16.5 Å². The van der Waals surface area contributed by atoms with Crippen LogP contribution in [0.5, 0.6) is 0 Å². The van der Waals surface area contributed by atoms with E-state index < -0.39 is 0 Å². The lowest BCUT2D eigenvalue weighted by molar-refractivity contribution is -0.123. The standard InChI is InChI=1S/C27H28N4O3/c1-29(2)23-11-12-30-15-19(17-7-3-5-9-21(17)30)24-25(27(33)28-26(24)32)20-16-31(13-14-34-23)22-10-6-4-8-18(20)22/h3-10,15,20,23H,11-14,16H2,1-2H3,(H,28,32,33)/t20?,23-/m0/s1. The Morgan fingerprint density at radius 1 is 1.00 bits per heavy atom. The fourth-order valence-electron chi connectivity index (χ4n) is 5.68. The molecule has 2 atom stereocenters. The van der Waals surface area contributed by atoms with Gasteiger partial charge in [-0.2, -0.15) is 0 Å². The maximum atomic E-state index is 13.2. The summed E-state index contributed by atoms with van der Waals surface area (Å²) in [5, 5.41) is 3.59. The van der Waals surface area contributed by atoms with Crippen LogP contribution in [0.4, 0.5) is 5.69 Å². The Morgan fingerprint density at radius 3 is 2.65 bits per heavy atom. The van der Waals surface area contributed by atoms with E-state index in [0.29, 0.717) is 24.3 Å². The second-order valence-corrected chi connectivity index (χ2v) is 9.46. The second-order valence-electron chi connectivity index (χ2n) is 9.46. The Morgan fingerprint density at radius 2 is 1.79 bits per heavy atom. The summed E-state index contributed by atoms with van der Waals surface area (Å²) in [5.74, 6) is -0.762. The molecule has 0 fully saturated rings. The van der Waals surface area contributed by atoms with Gasteiger partial charge < -0.3 is 14.2 Å². The van der Waals surface area contributed by atoms with E-state index in [9.17, 15) is 9.59 Å². The van der Waals surface area contributed by atoms with E-state index in [4.69, 9.17) is 4.74 Å². The van der Waals surface area contributed by atoms with Crippen molar-refractivity contribution in [2.75, 3.05) is 38.7 Å². The van der Waals surface area contributed by atoms with Crippen LogP contribution in [0.1, 0.15) is 23.5 Å². The van der Waals surface area contributed by atoms with Crippen molar-refractivity contribution in [3.05, 3.63) is 71.4 Å². The molecule has 0 spiro atoms. The van der Waals surface area contributed by atoms with Crippen molar-refractivity contribution in [1.82, 2.24) is 14.8 Å². The van der Waals surface area contributed by atoms with Crippen LogP contribution < -0.4 is 10.2 Å². The number of nitrogens with zero attached hydrogens (tertiary/aromatic N) is 3. The minimum absolute atomic E-state index is 0.0210. The SMILES string of the molecule is CN(C)[C@@H]1CCn2cc(c3ccccc32)C2=C(C(=O)NC2=O)C2CN(CCO1)c1ccccc12. The third-order valence-corrected chi connectivity index (χ3v) is 7.29. The Labute approximate surface area is 198 Å². The molecule has 1 N–H and O–H groups in total. The summed E-state index contributed by atoms with van der Waals surface area (Å²) < 4.78 is 8.51. The van der Waals surface area contributed by atoms with Crippen molar-refractivity contribution in [2.24, 2.45) is 0 Å². The maximum absolute atomic E-state index is 13.2. The number of carbonyl (C=O) groups excluding carboxylic acids is 2. The van der Waals surface area contributed by atoms with E-state index in [2.05, 4.69) is 37.9 Å². The van der Waals surface area contributed by atoms with Gasteiger partial charge in [-0.1, -0.05) is 36.4 Å². The zero-order chi connectivity index (χ0) is 23.4. The number of nitrogens with one attached hydrogen (secondary N) is 1. The molecule has 2 aromatic carbocycles. The molecule has 6 rings (SSSR count). The van der Waals surface area contributed by atoms with Gasteiger partial charge in [0, 0.05) is 65.9 Å². The highest BCUT2D eigenvalue weighted by Gasteiger charge is 2.42. The van der Waals surface area contributed by atoms with Gasteiger partial charge in [-0.15, -0.1) is 0 Å². The highest BCUT2D eigenvalue weighted by atomic mass is 16.5. The predicted molar refractivity (Wildman–Crippen MR) is 131 cm³/mol. The van der Waals surface area contributed by atoms with Crippen LogP contribution in [0.15, 0.2) is 60.3 Å². The smallest absolute Gasteiger partial charge is 0.259 e. The molecule has 1 aromatic heterocycles. The van der Waals surface area contributed by atoms with Crippen molar-refractivity contribution in [1.29, 1.82) is 0 Å². The summed E-state index contributed by atoms with van der Waals surface area (Å²) in [6.45, 7) is 2.70. The van der Waals surface area contributed by atoms with Gasteiger partial charge in [0.2, 0.25) is 0 Å². The molecule has 0 saturated heterocycles. The van der Waals surface area contributed by atoms with E-state index in [1.54, 1.807) is 0 Å². The largest absolute Gasteiger partial charge is 0.368 e. The van der Waals surface area contributed by atoms with Crippen molar-refractivity contribution >= 4 is 34.0 Å². The lowest BCUT2D eigenvalue weighted by Crippen LogP contribution is -2.35. The number of hydrogen-bond donors (Lipinski definition) is 1. The number of aryl methyl sites for hydroxylation is 1. The number of fused-ring (bicyclic) bond motifs is 12. The van der Waals surface area contributed by atoms with Crippen LogP contribution in [-0.4, -0.2) is 61.3 Å². The molecular weight excluding hydrogens is 428 g/mol. The first-order chi connectivity index (χ1) is 16.5. The van der Waals surface area contributed by atoms with E-state index in [0.717, 1.165) is 47.2 Å². The lowest BCUT2D eigenvalue weighted by atomic mass is 9.88. The first kappa shape index (κ1) is 21.1. The quantitative estimate of drug-likeness (QED) is 0.571. The van der Waals surface area contributed by atoms with Crippen LogP contribution >= 0.6 is 0 Å². The number of hydrogen-bond acceptors (Lipinski definition) is 5. The maximum Gasteiger partial charge on any atom is 0.259 e. The van der Waals surface area contributed by atoms with Crippen LogP contribution in [-0.2, 0) is 20.9 Å². The van der Waals surface area contributed by atoms with Gasteiger partial charge in [0.25, 0.3) is 11.8 Å². The molecular formula is C27H28N4O3.